The number of rotatable bonds is 4. The lowest BCUT2D eigenvalue weighted by Crippen LogP contribution is -2.41. The van der Waals surface area contributed by atoms with Crippen LogP contribution in [-0.4, -0.2) is 11.8 Å². The molecule has 2 aromatic carbocycles. The van der Waals surface area contributed by atoms with Crippen molar-refractivity contribution in [3.63, 3.8) is 0 Å². The summed E-state index contributed by atoms with van der Waals surface area (Å²) in [6, 6.07) is 15.0. The number of anilines is 2. The molecule has 0 saturated heterocycles. The van der Waals surface area contributed by atoms with Crippen LogP contribution in [0.4, 0.5) is 11.4 Å². The number of carbonyl (C=O) groups is 2. The molecule has 0 radical (unpaired) electrons. The van der Waals surface area contributed by atoms with Crippen LogP contribution in [-0.2, 0) is 9.59 Å². The van der Waals surface area contributed by atoms with Crippen LogP contribution in [0.1, 0.15) is 25.0 Å². The fourth-order valence-electron chi connectivity index (χ4n) is 2.02. The second-order valence-corrected chi connectivity index (χ2v) is 6.21. The summed E-state index contributed by atoms with van der Waals surface area (Å²) in [5.74, 6) is -0.677. The zero-order valence-corrected chi connectivity index (χ0v) is 13.9. The molecule has 23 heavy (non-hydrogen) atoms. The number of amides is 2. The highest BCUT2D eigenvalue weighted by molar-refractivity contribution is 6.14. The first kappa shape index (κ1) is 16.7. The monoisotopic (exact) mass is 310 g/mol. The van der Waals surface area contributed by atoms with Gasteiger partial charge >= 0.3 is 0 Å². The van der Waals surface area contributed by atoms with Gasteiger partial charge in [0, 0.05) is 11.4 Å². The van der Waals surface area contributed by atoms with Crippen LogP contribution < -0.4 is 10.6 Å². The Balaban J connectivity index is 2.10. The Morgan fingerprint density at radius 3 is 2.00 bits per heavy atom. The van der Waals surface area contributed by atoms with E-state index < -0.39 is 5.41 Å². The second-order valence-electron chi connectivity index (χ2n) is 6.21. The molecular weight excluding hydrogens is 288 g/mol. The predicted molar refractivity (Wildman–Crippen MR) is 93.4 cm³/mol. The topological polar surface area (TPSA) is 58.2 Å². The largest absolute Gasteiger partial charge is 0.325 e. The Morgan fingerprint density at radius 2 is 1.39 bits per heavy atom. The van der Waals surface area contributed by atoms with E-state index in [2.05, 4.69) is 10.6 Å². The van der Waals surface area contributed by atoms with Crippen molar-refractivity contribution >= 4 is 23.2 Å². The lowest BCUT2D eigenvalue weighted by molar-refractivity contribution is -0.135. The molecule has 0 saturated carbocycles. The van der Waals surface area contributed by atoms with Gasteiger partial charge in [-0.05, 0) is 51.5 Å². The molecule has 0 aromatic heterocycles. The molecule has 4 nitrogen and oxygen atoms in total. The average molecular weight is 310 g/mol. The van der Waals surface area contributed by atoms with E-state index in [1.54, 1.807) is 13.8 Å². The fourth-order valence-corrected chi connectivity index (χ4v) is 2.02. The maximum Gasteiger partial charge on any atom is 0.239 e. The van der Waals surface area contributed by atoms with E-state index in [1.807, 2.05) is 62.4 Å². The number of para-hydroxylation sites is 1. The predicted octanol–water partition coefficient (Wildman–Crippen LogP) is 3.91. The summed E-state index contributed by atoms with van der Waals surface area (Å²) in [7, 11) is 0. The van der Waals surface area contributed by atoms with Gasteiger partial charge in [-0.3, -0.25) is 9.59 Å². The van der Waals surface area contributed by atoms with Gasteiger partial charge < -0.3 is 10.6 Å². The van der Waals surface area contributed by atoms with Gasteiger partial charge in [0.1, 0.15) is 5.41 Å². The zero-order valence-electron chi connectivity index (χ0n) is 13.9. The SMILES string of the molecule is Cc1ccc(NC(=O)C(C)(C)C(=O)Nc2ccccc2C)cc1. The van der Waals surface area contributed by atoms with Gasteiger partial charge in [0.15, 0.2) is 0 Å². The van der Waals surface area contributed by atoms with E-state index in [0.717, 1.165) is 11.1 Å². The molecule has 0 heterocycles. The van der Waals surface area contributed by atoms with Gasteiger partial charge in [0.25, 0.3) is 0 Å². The Morgan fingerprint density at radius 1 is 0.826 bits per heavy atom. The molecule has 0 unspecified atom stereocenters. The van der Waals surface area contributed by atoms with Gasteiger partial charge in [0.05, 0.1) is 0 Å². The first-order chi connectivity index (χ1) is 10.8. The lowest BCUT2D eigenvalue weighted by Gasteiger charge is -2.23. The number of benzene rings is 2. The molecule has 0 aliphatic carbocycles. The highest BCUT2D eigenvalue weighted by atomic mass is 16.2. The zero-order chi connectivity index (χ0) is 17.0. The van der Waals surface area contributed by atoms with Crippen molar-refractivity contribution in [1.82, 2.24) is 0 Å². The molecule has 0 aliphatic heterocycles. The third kappa shape index (κ3) is 3.97. The van der Waals surface area contributed by atoms with E-state index in [9.17, 15) is 9.59 Å². The smallest absolute Gasteiger partial charge is 0.239 e. The van der Waals surface area contributed by atoms with Gasteiger partial charge in [-0.2, -0.15) is 0 Å². The first-order valence-electron chi connectivity index (χ1n) is 7.56. The van der Waals surface area contributed by atoms with Gasteiger partial charge in [0.2, 0.25) is 11.8 Å². The molecule has 2 amide bonds. The van der Waals surface area contributed by atoms with Crippen LogP contribution in [0.5, 0.6) is 0 Å². The van der Waals surface area contributed by atoms with Gasteiger partial charge in [-0.25, -0.2) is 0 Å². The summed E-state index contributed by atoms with van der Waals surface area (Å²) in [6.45, 7) is 7.12. The number of hydrogen-bond acceptors (Lipinski definition) is 2. The molecule has 0 atom stereocenters. The van der Waals surface area contributed by atoms with Crippen LogP contribution in [0.15, 0.2) is 48.5 Å². The van der Waals surface area contributed by atoms with E-state index in [-0.39, 0.29) is 11.8 Å². The molecule has 120 valence electrons. The van der Waals surface area contributed by atoms with Gasteiger partial charge in [-0.1, -0.05) is 35.9 Å². The normalized spacial score (nSPS) is 11.0. The molecule has 4 heteroatoms. The summed E-state index contributed by atoms with van der Waals surface area (Å²) >= 11 is 0. The minimum absolute atomic E-state index is 0.337. The van der Waals surface area contributed by atoms with Crippen molar-refractivity contribution in [3.05, 3.63) is 59.7 Å². The average Bonchev–Trinajstić information content (AvgIpc) is 2.51. The number of aryl methyl sites for hydroxylation is 2. The minimum Gasteiger partial charge on any atom is -0.325 e. The fraction of sp³-hybridized carbons (Fsp3) is 0.263. The summed E-state index contributed by atoms with van der Waals surface area (Å²) in [5.41, 5.74) is 2.27. The third-order valence-corrected chi connectivity index (χ3v) is 3.84. The summed E-state index contributed by atoms with van der Waals surface area (Å²) < 4.78 is 0. The maximum absolute atomic E-state index is 12.5. The highest BCUT2D eigenvalue weighted by Crippen LogP contribution is 2.23. The quantitative estimate of drug-likeness (QED) is 0.841. The van der Waals surface area contributed by atoms with Crippen LogP contribution in [0.25, 0.3) is 0 Å². The van der Waals surface area contributed by atoms with Crippen molar-refractivity contribution in [2.75, 3.05) is 10.6 Å². The summed E-state index contributed by atoms with van der Waals surface area (Å²) in [4.78, 5) is 25.0. The number of nitrogens with one attached hydrogen (secondary N) is 2. The number of carbonyl (C=O) groups excluding carboxylic acids is 2. The molecule has 2 rings (SSSR count). The van der Waals surface area contributed by atoms with E-state index in [1.165, 1.54) is 0 Å². The first-order valence-corrected chi connectivity index (χ1v) is 7.56. The van der Waals surface area contributed by atoms with Crippen molar-refractivity contribution in [1.29, 1.82) is 0 Å². The van der Waals surface area contributed by atoms with Crippen LogP contribution in [0.2, 0.25) is 0 Å². The van der Waals surface area contributed by atoms with Crippen LogP contribution in [0, 0.1) is 19.3 Å². The summed E-state index contributed by atoms with van der Waals surface area (Å²) in [5, 5.41) is 5.62. The van der Waals surface area contributed by atoms with Crippen molar-refractivity contribution < 1.29 is 9.59 Å². The van der Waals surface area contributed by atoms with E-state index in [0.29, 0.717) is 11.4 Å². The third-order valence-electron chi connectivity index (χ3n) is 3.84. The van der Waals surface area contributed by atoms with Crippen molar-refractivity contribution in [2.24, 2.45) is 5.41 Å². The molecule has 0 fully saturated rings. The number of hydrogen-bond donors (Lipinski definition) is 2. The van der Waals surface area contributed by atoms with Gasteiger partial charge in [-0.15, -0.1) is 0 Å². The lowest BCUT2D eigenvalue weighted by atomic mass is 9.90. The Labute approximate surface area is 136 Å². The molecule has 2 N–H and O–H groups in total. The maximum atomic E-state index is 12.5. The standard InChI is InChI=1S/C19H22N2O2/c1-13-9-11-15(12-10-13)20-17(22)19(3,4)18(23)21-16-8-6-5-7-14(16)2/h5-12H,1-4H3,(H,20,22)(H,21,23). The summed E-state index contributed by atoms with van der Waals surface area (Å²) in [6.07, 6.45) is 0. The second kappa shape index (κ2) is 6.65. The van der Waals surface area contributed by atoms with Crippen molar-refractivity contribution in [2.45, 2.75) is 27.7 Å². The van der Waals surface area contributed by atoms with Crippen LogP contribution in [0.3, 0.4) is 0 Å². The van der Waals surface area contributed by atoms with Crippen molar-refractivity contribution in [3.8, 4) is 0 Å². The van der Waals surface area contributed by atoms with Crippen LogP contribution >= 0.6 is 0 Å². The van der Waals surface area contributed by atoms with E-state index >= 15 is 0 Å². The minimum atomic E-state index is -1.19. The van der Waals surface area contributed by atoms with E-state index in [4.69, 9.17) is 0 Å². The molecular formula is C19H22N2O2. The molecule has 0 aliphatic rings. The Hall–Kier alpha value is -2.62. The molecule has 0 bridgehead atoms. The highest BCUT2D eigenvalue weighted by Gasteiger charge is 2.36. The molecule has 0 spiro atoms. The molecule has 2 aromatic rings. The Bertz CT molecular complexity index is 718. The Kier molecular flexibility index (Phi) is 4.84.